The summed E-state index contributed by atoms with van der Waals surface area (Å²) >= 11 is 4.81. The second kappa shape index (κ2) is 8.68. The average molecular weight is 168 g/mol. The molecule has 0 atom stereocenters. The molecule has 10 heavy (non-hydrogen) atoms. The van der Waals surface area contributed by atoms with Crippen molar-refractivity contribution in [1.82, 2.24) is 15.3 Å². The van der Waals surface area contributed by atoms with Gasteiger partial charge in [-0.2, -0.15) is 0 Å². The summed E-state index contributed by atoms with van der Waals surface area (Å²) in [5.41, 5.74) is 2.08. The first kappa shape index (κ1) is 12.4. The number of hydrazine groups is 1. The Bertz CT molecular complexity index is 84.2. The van der Waals surface area contributed by atoms with Crippen molar-refractivity contribution in [2.75, 3.05) is 21.1 Å². The van der Waals surface area contributed by atoms with E-state index in [4.69, 9.17) is 11.8 Å². The van der Waals surface area contributed by atoms with Crippen LogP contribution in [0.25, 0.3) is 0 Å². The maximum atomic E-state index is 9.79. The van der Waals surface area contributed by atoms with Gasteiger partial charge in [0.2, 0.25) is 5.91 Å². The summed E-state index contributed by atoms with van der Waals surface area (Å²) in [5.74, 6) is -0.204. The van der Waals surface area contributed by atoms with E-state index in [2.05, 4.69) is 5.43 Å². The van der Waals surface area contributed by atoms with Gasteiger partial charge >= 0.3 is 0 Å². The van der Waals surface area contributed by atoms with Crippen LogP contribution in [0.15, 0.2) is 0 Å². The molecule has 1 amide bonds. The summed E-state index contributed by atoms with van der Waals surface area (Å²) in [6.45, 7) is 1.36. The lowest BCUT2D eigenvalue weighted by molar-refractivity contribution is -0.119. The highest BCUT2D eigenvalue weighted by atomic mass is 35.5. The van der Waals surface area contributed by atoms with Crippen molar-refractivity contribution >= 4 is 17.7 Å². The van der Waals surface area contributed by atoms with Gasteiger partial charge in [-0.15, -0.1) is 4.94 Å². The Kier molecular flexibility index (Phi) is 10.7. The third-order valence-corrected chi connectivity index (χ3v) is 0.318. The smallest absolute Gasteiger partial charge is 0.231 e. The Balaban J connectivity index is 0. The molecule has 4 nitrogen and oxygen atoms in total. The van der Waals surface area contributed by atoms with Crippen molar-refractivity contribution in [1.29, 1.82) is 0 Å². The number of carbonyl (C=O) groups excluding carboxylic acids is 1. The van der Waals surface area contributed by atoms with Crippen LogP contribution in [0, 0.1) is 0 Å². The van der Waals surface area contributed by atoms with Crippen LogP contribution < -0.4 is 10.4 Å². The first-order valence-corrected chi connectivity index (χ1v) is 3.11. The SMILES string of the molecule is CC(=O)NNCl.CN(C)C. The van der Waals surface area contributed by atoms with Gasteiger partial charge in [0.25, 0.3) is 0 Å². The van der Waals surface area contributed by atoms with Gasteiger partial charge in [-0.1, -0.05) is 0 Å². The number of nitrogens with one attached hydrogen (secondary N) is 2. The van der Waals surface area contributed by atoms with Crippen molar-refractivity contribution < 1.29 is 4.79 Å². The van der Waals surface area contributed by atoms with E-state index >= 15 is 0 Å². The van der Waals surface area contributed by atoms with Gasteiger partial charge in [-0.3, -0.25) is 10.2 Å². The number of amides is 1. The number of nitrogens with zero attached hydrogens (tertiary/aromatic N) is 1. The maximum Gasteiger partial charge on any atom is 0.231 e. The molecule has 0 aromatic rings. The van der Waals surface area contributed by atoms with Gasteiger partial charge in [-0.25, -0.2) is 0 Å². The minimum Gasteiger partial charge on any atom is -0.312 e. The molecule has 0 aromatic carbocycles. The third-order valence-electron chi connectivity index (χ3n) is 0.223. The zero-order chi connectivity index (χ0) is 8.57. The van der Waals surface area contributed by atoms with Gasteiger partial charge in [0.05, 0.1) is 0 Å². The number of rotatable bonds is 1. The van der Waals surface area contributed by atoms with E-state index in [0.29, 0.717) is 0 Å². The van der Waals surface area contributed by atoms with E-state index < -0.39 is 0 Å². The molecule has 0 aliphatic carbocycles. The van der Waals surface area contributed by atoms with Crippen LogP contribution in [-0.2, 0) is 4.79 Å². The van der Waals surface area contributed by atoms with Crippen LogP contribution >= 0.6 is 11.8 Å². The molecule has 0 aliphatic rings. The molecule has 0 heterocycles. The number of hydrogen-bond acceptors (Lipinski definition) is 3. The standard InChI is InChI=1S/C3H9N.C2H5ClN2O/c1-4(2)3;1-2(6)4-5-3/h1-3H3;5H,1H3,(H,4,6). The largest absolute Gasteiger partial charge is 0.312 e. The second-order valence-corrected chi connectivity index (χ2v) is 2.31. The zero-order valence-electron chi connectivity index (χ0n) is 6.73. The lowest BCUT2D eigenvalue weighted by Crippen LogP contribution is -2.27. The van der Waals surface area contributed by atoms with Crippen LogP contribution in [-0.4, -0.2) is 32.0 Å². The molecular weight excluding hydrogens is 154 g/mol. The first-order valence-electron chi connectivity index (χ1n) is 2.73. The van der Waals surface area contributed by atoms with Gasteiger partial charge in [0, 0.05) is 6.92 Å². The molecule has 62 valence electrons. The number of halogens is 1. The topological polar surface area (TPSA) is 44.4 Å². The highest BCUT2D eigenvalue weighted by molar-refractivity contribution is 6.13. The molecule has 0 saturated heterocycles. The number of carbonyl (C=O) groups is 1. The van der Waals surface area contributed by atoms with Crippen LogP contribution in [0.1, 0.15) is 6.92 Å². The Morgan fingerprint density at radius 1 is 1.40 bits per heavy atom. The van der Waals surface area contributed by atoms with E-state index in [1.807, 2.05) is 31.0 Å². The van der Waals surface area contributed by atoms with Gasteiger partial charge in [-0.05, 0) is 32.9 Å². The fourth-order valence-corrected chi connectivity index (χ4v) is 0.200. The van der Waals surface area contributed by atoms with Gasteiger partial charge in [0.1, 0.15) is 0 Å². The second-order valence-electron chi connectivity index (χ2n) is 2.12. The van der Waals surface area contributed by atoms with Crippen molar-refractivity contribution in [3.05, 3.63) is 0 Å². The van der Waals surface area contributed by atoms with Crippen molar-refractivity contribution in [2.24, 2.45) is 0 Å². The Hall–Kier alpha value is -0.320. The molecule has 0 unspecified atom stereocenters. The lowest BCUT2D eigenvalue weighted by Gasteiger charge is -1.90. The molecule has 0 saturated carbocycles. The predicted molar refractivity (Wildman–Crippen MR) is 42.4 cm³/mol. The Labute approximate surface area is 66.6 Å². The van der Waals surface area contributed by atoms with Crippen molar-refractivity contribution in [2.45, 2.75) is 6.92 Å². The molecule has 0 spiro atoms. The van der Waals surface area contributed by atoms with E-state index in [-0.39, 0.29) is 5.91 Å². The summed E-state index contributed by atoms with van der Waals surface area (Å²) < 4.78 is 0. The van der Waals surface area contributed by atoms with E-state index in [1.165, 1.54) is 6.92 Å². The molecule has 0 fully saturated rings. The van der Waals surface area contributed by atoms with Crippen molar-refractivity contribution in [3.63, 3.8) is 0 Å². The average Bonchev–Trinajstić information content (AvgIpc) is 1.62. The highest BCUT2D eigenvalue weighted by Gasteiger charge is 1.79. The Morgan fingerprint density at radius 3 is 1.70 bits per heavy atom. The summed E-state index contributed by atoms with van der Waals surface area (Å²) in [6.07, 6.45) is 0. The summed E-state index contributed by atoms with van der Waals surface area (Å²) in [6, 6.07) is 0. The molecule has 2 N–H and O–H groups in total. The van der Waals surface area contributed by atoms with Crippen molar-refractivity contribution in [3.8, 4) is 0 Å². The van der Waals surface area contributed by atoms with E-state index in [9.17, 15) is 4.79 Å². The predicted octanol–water partition coefficient (Wildman–Crippen LogP) is -0.0413. The minimum absolute atomic E-state index is 0.204. The molecule has 0 rings (SSSR count). The maximum absolute atomic E-state index is 9.79. The molecule has 0 bridgehead atoms. The van der Waals surface area contributed by atoms with Crippen LogP contribution in [0.3, 0.4) is 0 Å². The van der Waals surface area contributed by atoms with E-state index in [1.54, 1.807) is 0 Å². The minimum atomic E-state index is -0.204. The van der Waals surface area contributed by atoms with Gasteiger partial charge < -0.3 is 4.90 Å². The normalized spacial score (nSPS) is 8.20. The quantitative estimate of drug-likeness (QED) is 0.426. The number of hydrogen-bond donors (Lipinski definition) is 2. The van der Waals surface area contributed by atoms with E-state index in [0.717, 1.165) is 0 Å². The summed E-state index contributed by atoms with van der Waals surface area (Å²) in [7, 11) is 6.00. The van der Waals surface area contributed by atoms with Gasteiger partial charge in [0.15, 0.2) is 0 Å². The molecule has 0 aliphatic heterocycles. The molecular formula is C5H14ClN3O. The third kappa shape index (κ3) is 47.7. The lowest BCUT2D eigenvalue weighted by atomic mass is 10.8. The monoisotopic (exact) mass is 167 g/mol. The fourth-order valence-electron chi connectivity index (χ4n) is 0.0665. The summed E-state index contributed by atoms with van der Waals surface area (Å²) in [4.78, 5) is 13.7. The zero-order valence-corrected chi connectivity index (χ0v) is 7.49. The Morgan fingerprint density at radius 2 is 1.70 bits per heavy atom. The molecule has 0 aromatic heterocycles. The first-order chi connectivity index (χ1) is 4.50. The van der Waals surface area contributed by atoms with Crippen LogP contribution in [0.5, 0.6) is 0 Å². The van der Waals surface area contributed by atoms with Crippen LogP contribution in [0.4, 0.5) is 0 Å². The summed E-state index contributed by atoms with van der Waals surface area (Å²) in [5, 5.41) is 0. The van der Waals surface area contributed by atoms with Crippen LogP contribution in [0.2, 0.25) is 0 Å². The molecule has 5 heteroatoms. The fraction of sp³-hybridized carbons (Fsp3) is 0.800. The highest BCUT2D eigenvalue weighted by Crippen LogP contribution is 1.53. The molecule has 0 radical (unpaired) electrons.